The predicted octanol–water partition coefficient (Wildman–Crippen LogP) is 4.46. The summed E-state index contributed by atoms with van der Waals surface area (Å²) in [5.41, 5.74) is -1.60. The molecule has 0 aliphatic carbocycles. The molecule has 0 spiro atoms. The fourth-order valence-corrected chi connectivity index (χ4v) is 2.20. The van der Waals surface area contributed by atoms with Crippen LogP contribution in [0.1, 0.15) is 27.0 Å². The summed E-state index contributed by atoms with van der Waals surface area (Å²) in [5, 5.41) is 8.24. The van der Waals surface area contributed by atoms with Crippen molar-refractivity contribution in [3.8, 4) is 6.07 Å². The second-order valence-corrected chi connectivity index (χ2v) is 4.53. The van der Waals surface area contributed by atoms with Crippen molar-refractivity contribution in [2.24, 2.45) is 0 Å². The van der Waals surface area contributed by atoms with Gasteiger partial charge in [-0.05, 0) is 12.1 Å². The summed E-state index contributed by atoms with van der Waals surface area (Å²) < 4.78 is 38.6. The van der Waals surface area contributed by atoms with Gasteiger partial charge in [0.05, 0.1) is 27.8 Å². The van der Waals surface area contributed by atoms with E-state index in [9.17, 15) is 18.0 Å². The number of halogens is 4. The van der Waals surface area contributed by atoms with Gasteiger partial charge >= 0.3 is 6.18 Å². The Morgan fingerprint density at radius 1 is 1.10 bits per heavy atom. The van der Waals surface area contributed by atoms with Crippen molar-refractivity contribution in [3.63, 3.8) is 0 Å². The first-order chi connectivity index (χ1) is 9.86. The number of hydrogen-bond acceptors (Lipinski definition) is 2. The number of nitrogens with zero attached hydrogens (tertiary/aromatic N) is 1. The van der Waals surface area contributed by atoms with Crippen LogP contribution >= 0.6 is 11.6 Å². The van der Waals surface area contributed by atoms with Crippen molar-refractivity contribution in [3.05, 3.63) is 69.7 Å². The molecule has 0 bridgehead atoms. The monoisotopic (exact) mass is 309 g/mol. The summed E-state index contributed by atoms with van der Waals surface area (Å²) in [6, 6.07) is 11.0. The summed E-state index contributed by atoms with van der Waals surface area (Å²) in [4.78, 5) is 12.3. The average molecular weight is 310 g/mol. The van der Waals surface area contributed by atoms with Gasteiger partial charge in [-0.25, -0.2) is 0 Å². The lowest BCUT2D eigenvalue weighted by Gasteiger charge is -2.13. The number of carbonyl (C=O) groups excluding carboxylic acids is 1. The maximum absolute atomic E-state index is 12.9. The normalized spacial score (nSPS) is 11.0. The van der Waals surface area contributed by atoms with E-state index in [2.05, 4.69) is 0 Å². The maximum Gasteiger partial charge on any atom is 0.417 e. The molecular weight excluding hydrogens is 303 g/mol. The SMILES string of the molecule is N#Cc1ccc(C(F)(F)F)c(Cl)c1C(=O)c1ccccc1. The molecule has 0 saturated carbocycles. The molecular formula is C15H7ClF3NO. The van der Waals surface area contributed by atoms with E-state index in [4.69, 9.17) is 16.9 Å². The molecule has 2 aromatic rings. The zero-order chi connectivity index (χ0) is 15.6. The number of alkyl halides is 3. The Balaban J connectivity index is 2.68. The maximum atomic E-state index is 12.9. The second kappa shape index (κ2) is 5.58. The van der Waals surface area contributed by atoms with Crippen LogP contribution in [-0.4, -0.2) is 5.78 Å². The largest absolute Gasteiger partial charge is 0.417 e. The number of nitriles is 1. The highest BCUT2D eigenvalue weighted by Crippen LogP contribution is 2.38. The topological polar surface area (TPSA) is 40.9 Å². The van der Waals surface area contributed by atoms with E-state index in [0.29, 0.717) is 6.07 Å². The average Bonchev–Trinajstić information content (AvgIpc) is 2.45. The van der Waals surface area contributed by atoms with Gasteiger partial charge in [-0.15, -0.1) is 0 Å². The van der Waals surface area contributed by atoms with Gasteiger partial charge in [0.15, 0.2) is 5.78 Å². The first kappa shape index (κ1) is 15.1. The zero-order valence-corrected chi connectivity index (χ0v) is 11.2. The minimum absolute atomic E-state index is 0.162. The van der Waals surface area contributed by atoms with Crippen LogP contribution in [0.2, 0.25) is 5.02 Å². The third-order valence-corrected chi connectivity index (χ3v) is 3.22. The fraction of sp³-hybridized carbons (Fsp3) is 0.0667. The van der Waals surface area contributed by atoms with Gasteiger partial charge in [0, 0.05) is 5.56 Å². The third-order valence-electron chi connectivity index (χ3n) is 2.83. The van der Waals surface area contributed by atoms with Gasteiger partial charge in [-0.3, -0.25) is 4.79 Å². The molecule has 2 rings (SSSR count). The zero-order valence-electron chi connectivity index (χ0n) is 10.4. The Kier molecular flexibility index (Phi) is 4.01. The fourth-order valence-electron chi connectivity index (χ4n) is 1.84. The summed E-state index contributed by atoms with van der Waals surface area (Å²) in [6.45, 7) is 0. The first-order valence-electron chi connectivity index (χ1n) is 5.76. The molecule has 0 amide bonds. The number of hydrogen-bond donors (Lipinski definition) is 0. The number of rotatable bonds is 2. The van der Waals surface area contributed by atoms with Crippen LogP contribution in [0.4, 0.5) is 13.2 Å². The third kappa shape index (κ3) is 2.91. The highest BCUT2D eigenvalue weighted by Gasteiger charge is 2.35. The van der Waals surface area contributed by atoms with Gasteiger partial charge < -0.3 is 0 Å². The Hall–Kier alpha value is -2.32. The van der Waals surface area contributed by atoms with E-state index in [1.54, 1.807) is 24.3 Å². The van der Waals surface area contributed by atoms with E-state index in [1.165, 1.54) is 12.1 Å². The van der Waals surface area contributed by atoms with Crippen molar-refractivity contribution in [1.82, 2.24) is 0 Å². The van der Waals surface area contributed by atoms with E-state index >= 15 is 0 Å². The van der Waals surface area contributed by atoms with Crippen molar-refractivity contribution in [2.45, 2.75) is 6.18 Å². The Morgan fingerprint density at radius 2 is 1.71 bits per heavy atom. The Bertz CT molecular complexity index is 733. The standard InChI is InChI=1S/C15H7ClF3NO/c16-13-11(15(17,18)19)7-6-10(8-20)12(13)14(21)9-4-2-1-3-5-9/h1-7H. The van der Waals surface area contributed by atoms with Crippen LogP contribution in [0.25, 0.3) is 0 Å². The molecule has 21 heavy (non-hydrogen) atoms. The van der Waals surface area contributed by atoms with E-state index in [1.807, 2.05) is 0 Å². The summed E-state index contributed by atoms with van der Waals surface area (Å²) >= 11 is 5.73. The van der Waals surface area contributed by atoms with Crippen LogP contribution in [0.3, 0.4) is 0 Å². The van der Waals surface area contributed by atoms with Gasteiger partial charge in [-0.1, -0.05) is 41.9 Å². The number of benzene rings is 2. The second-order valence-electron chi connectivity index (χ2n) is 4.15. The van der Waals surface area contributed by atoms with Crippen molar-refractivity contribution < 1.29 is 18.0 Å². The van der Waals surface area contributed by atoms with Gasteiger partial charge in [0.25, 0.3) is 0 Å². The molecule has 0 aliphatic rings. The number of carbonyl (C=O) groups is 1. The molecule has 0 aliphatic heterocycles. The van der Waals surface area contributed by atoms with Crippen molar-refractivity contribution in [2.75, 3.05) is 0 Å². The molecule has 0 atom stereocenters. The van der Waals surface area contributed by atoms with Gasteiger partial charge in [0.2, 0.25) is 0 Å². The van der Waals surface area contributed by atoms with Crippen LogP contribution < -0.4 is 0 Å². The Labute approximate surface area is 123 Å². The molecule has 0 saturated heterocycles. The molecule has 0 unspecified atom stereocenters. The summed E-state index contributed by atoms with van der Waals surface area (Å²) in [5.74, 6) is -0.719. The van der Waals surface area contributed by atoms with Crippen LogP contribution in [-0.2, 0) is 6.18 Å². The lowest BCUT2D eigenvalue weighted by Crippen LogP contribution is -2.12. The van der Waals surface area contributed by atoms with Crippen LogP contribution in [0.15, 0.2) is 42.5 Å². The van der Waals surface area contributed by atoms with Gasteiger partial charge in [0.1, 0.15) is 0 Å². The molecule has 2 nitrogen and oxygen atoms in total. The van der Waals surface area contributed by atoms with Crippen LogP contribution in [0, 0.1) is 11.3 Å². The molecule has 6 heteroatoms. The lowest BCUT2D eigenvalue weighted by atomic mass is 9.96. The van der Waals surface area contributed by atoms with Crippen molar-refractivity contribution >= 4 is 17.4 Å². The molecule has 106 valence electrons. The quantitative estimate of drug-likeness (QED) is 0.768. The highest BCUT2D eigenvalue weighted by molar-refractivity contribution is 6.36. The van der Waals surface area contributed by atoms with Gasteiger partial charge in [-0.2, -0.15) is 18.4 Å². The van der Waals surface area contributed by atoms with Crippen molar-refractivity contribution in [1.29, 1.82) is 5.26 Å². The summed E-state index contributed by atoms with van der Waals surface area (Å²) in [6.07, 6.45) is -4.70. The molecule has 0 aromatic heterocycles. The Morgan fingerprint density at radius 3 is 2.24 bits per heavy atom. The molecule has 0 N–H and O–H groups in total. The number of ketones is 1. The van der Waals surface area contributed by atoms with E-state index < -0.39 is 28.1 Å². The molecule has 2 aromatic carbocycles. The predicted molar refractivity (Wildman–Crippen MR) is 71.0 cm³/mol. The van der Waals surface area contributed by atoms with E-state index in [0.717, 1.165) is 6.07 Å². The first-order valence-corrected chi connectivity index (χ1v) is 6.13. The summed E-state index contributed by atoms with van der Waals surface area (Å²) in [7, 11) is 0. The minimum Gasteiger partial charge on any atom is -0.289 e. The smallest absolute Gasteiger partial charge is 0.289 e. The minimum atomic E-state index is -4.70. The molecule has 0 heterocycles. The lowest BCUT2D eigenvalue weighted by molar-refractivity contribution is -0.137. The molecule has 0 radical (unpaired) electrons. The van der Waals surface area contributed by atoms with E-state index in [-0.39, 0.29) is 11.1 Å². The van der Waals surface area contributed by atoms with Crippen LogP contribution in [0.5, 0.6) is 0 Å². The molecule has 0 fully saturated rings. The highest BCUT2D eigenvalue weighted by atomic mass is 35.5.